The normalized spacial score (nSPS) is 11.8. The van der Waals surface area contributed by atoms with Crippen LogP contribution in [0.5, 0.6) is 0 Å². The summed E-state index contributed by atoms with van der Waals surface area (Å²) in [6, 6.07) is 5.02. The number of nitrogens with zero attached hydrogens (tertiary/aromatic N) is 2. The van der Waals surface area contributed by atoms with E-state index >= 15 is 0 Å². The molecule has 0 aliphatic rings. The van der Waals surface area contributed by atoms with Gasteiger partial charge in [-0.15, -0.1) is 11.6 Å². The minimum atomic E-state index is -4.54. The summed E-state index contributed by atoms with van der Waals surface area (Å²) in [5.41, 5.74) is -0.655. The third kappa shape index (κ3) is 2.48. The first kappa shape index (κ1) is 12.9. The van der Waals surface area contributed by atoms with Gasteiger partial charge in [0.2, 0.25) is 0 Å². The number of rotatable bonds is 2. The summed E-state index contributed by atoms with van der Waals surface area (Å²) in [6.45, 7) is 0. The van der Waals surface area contributed by atoms with Crippen molar-refractivity contribution < 1.29 is 17.6 Å². The quantitative estimate of drug-likeness (QED) is 0.604. The molecule has 96 valence electrons. The maximum Gasteiger partial charge on any atom is 0.434 e. The first-order valence-corrected chi connectivity index (χ1v) is 5.42. The molecule has 1 aromatic heterocycles. The molecule has 0 aliphatic carbocycles. The van der Waals surface area contributed by atoms with Crippen molar-refractivity contribution in [1.29, 1.82) is 0 Å². The second-order valence-electron chi connectivity index (χ2n) is 3.52. The highest BCUT2D eigenvalue weighted by molar-refractivity contribution is 6.16. The molecule has 18 heavy (non-hydrogen) atoms. The first-order chi connectivity index (χ1) is 8.41. The number of hydrogen-bond donors (Lipinski definition) is 0. The van der Waals surface area contributed by atoms with Gasteiger partial charge in [-0.3, -0.25) is 0 Å². The molecule has 0 amide bonds. The lowest BCUT2D eigenvalue weighted by molar-refractivity contribution is -0.141. The van der Waals surface area contributed by atoms with E-state index in [2.05, 4.69) is 4.98 Å². The van der Waals surface area contributed by atoms with Gasteiger partial charge in [0, 0.05) is 11.9 Å². The Morgan fingerprint density at radius 2 is 1.78 bits per heavy atom. The van der Waals surface area contributed by atoms with Crippen molar-refractivity contribution in [2.45, 2.75) is 12.1 Å². The Hall–Kier alpha value is -1.56. The van der Waals surface area contributed by atoms with Gasteiger partial charge in [0.25, 0.3) is 0 Å². The van der Waals surface area contributed by atoms with Gasteiger partial charge in [-0.25, -0.2) is 9.37 Å². The van der Waals surface area contributed by atoms with E-state index in [9.17, 15) is 17.6 Å². The maximum absolute atomic E-state index is 12.7. The summed E-state index contributed by atoms with van der Waals surface area (Å²) in [4.78, 5) is 3.41. The fourth-order valence-corrected chi connectivity index (χ4v) is 1.66. The van der Waals surface area contributed by atoms with Gasteiger partial charge in [0.1, 0.15) is 11.6 Å². The van der Waals surface area contributed by atoms with Gasteiger partial charge in [0.15, 0.2) is 5.69 Å². The lowest BCUT2D eigenvalue weighted by atomic mass is 10.3. The van der Waals surface area contributed by atoms with Crippen molar-refractivity contribution in [2.24, 2.45) is 0 Å². The van der Waals surface area contributed by atoms with E-state index in [4.69, 9.17) is 11.6 Å². The molecule has 2 rings (SSSR count). The minimum absolute atomic E-state index is 0.0515. The Kier molecular flexibility index (Phi) is 3.30. The lowest BCUT2D eigenvalue weighted by Crippen LogP contribution is -2.05. The van der Waals surface area contributed by atoms with Crippen LogP contribution in [0.3, 0.4) is 0 Å². The van der Waals surface area contributed by atoms with Crippen molar-refractivity contribution in [3.05, 3.63) is 47.8 Å². The van der Waals surface area contributed by atoms with Gasteiger partial charge in [0.05, 0.1) is 5.88 Å². The predicted octanol–water partition coefficient (Wildman–Crippen LogP) is 3.77. The fraction of sp³-hybridized carbons (Fsp3) is 0.182. The van der Waals surface area contributed by atoms with Crippen molar-refractivity contribution in [3.63, 3.8) is 0 Å². The molecule has 0 saturated carbocycles. The highest BCUT2D eigenvalue weighted by Crippen LogP contribution is 2.29. The van der Waals surface area contributed by atoms with Crippen LogP contribution >= 0.6 is 11.6 Å². The van der Waals surface area contributed by atoms with Crippen molar-refractivity contribution in [1.82, 2.24) is 9.55 Å². The van der Waals surface area contributed by atoms with Crippen LogP contribution < -0.4 is 0 Å². The van der Waals surface area contributed by atoms with Crippen LogP contribution in [0.2, 0.25) is 0 Å². The zero-order chi connectivity index (χ0) is 13.3. The summed E-state index contributed by atoms with van der Waals surface area (Å²) in [6.07, 6.45) is -3.70. The molecule has 0 N–H and O–H groups in total. The maximum atomic E-state index is 12.7. The fourth-order valence-electron chi connectivity index (χ4n) is 1.47. The van der Waals surface area contributed by atoms with Gasteiger partial charge in [-0.05, 0) is 24.3 Å². The molecule has 0 unspecified atom stereocenters. The SMILES string of the molecule is Fc1ccc(-n2cc(C(F)(F)F)nc2CCl)cc1. The van der Waals surface area contributed by atoms with E-state index in [0.29, 0.717) is 5.69 Å². The lowest BCUT2D eigenvalue weighted by Gasteiger charge is -2.05. The van der Waals surface area contributed by atoms with Gasteiger partial charge in [-0.2, -0.15) is 13.2 Å². The third-order valence-electron chi connectivity index (χ3n) is 2.29. The molecule has 0 saturated heterocycles. The monoisotopic (exact) mass is 278 g/mol. The summed E-state index contributed by atoms with van der Waals surface area (Å²) in [5.74, 6) is -0.592. The summed E-state index contributed by atoms with van der Waals surface area (Å²) >= 11 is 5.55. The van der Waals surface area contributed by atoms with Crippen LogP contribution in [0.1, 0.15) is 11.5 Å². The van der Waals surface area contributed by atoms with Gasteiger partial charge < -0.3 is 4.57 Å². The molecule has 0 bridgehead atoms. The Morgan fingerprint density at radius 3 is 2.28 bits per heavy atom. The van der Waals surface area contributed by atoms with Crippen LogP contribution in [0.4, 0.5) is 17.6 Å². The molecule has 1 aromatic carbocycles. The molecule has 7 heteroatoms. The average molecular weight is 279 g/mol. The van der Waals surface area contributed by atoms with Gasteiger partial charge >= 0.3 is 6.18 Å². The molecule has 0 atom stereocenters. The Labute approximate surface area is 105 Å². The summed E-state index contributed by atoms with van der Waals surface area (Å²) in [7, 11) is 0. The predicted molar refractivity (Wildman–Crippen MR) is 58.1 cm³/mol. The van der Waals surface area contributed by atoms with Crippen LogP contribution in [0.15, 0.2) is 30.5 Å². The first-order valence-electron chi connectivity index (χ1n) is 4.89. The van der Waals surface area contributed by atoms with E-state index in [-0.39, 0.29) is 11.7 Å². The topological polar surface area (TPSA) is 17.8 Å². The highest BCUT2D eigenvalue weighted by Gasteiger charge is 2.34. The standard InChI is InChI=1S/C11H7ClF4N2/c12-5-10-17-9(11(14,15)16)6-18(10)8-3-1-7(13)2-4-8/h1-4,6H,5H2. The Balaban J connectivity index is 2.50. The van der Waals surface area contributed by atoms with Crippen molar-refractivity contribution >= 4 is 11.6 Å². The van der Waals surface area contributed by atoms with Crippen LogP contribution in [0.25, 0.3) is 5.69 Å². The zero-order valence-corrected chi connectivity index (χ0v) is 9.63. The molecule has 2 nitrogen and oxygen atoms in total. The summed E-state index contributed by atoms with van der Waals surface area (Å²) in [5, 5.41) is 0. The van der Waals surface area contributed by atoms with E-state index in [0.717, 1.165) is 18.3 Å². The average Bonchev–Trinajstić information content (AvgIpc) is 2.73. The van der Waals surface area contributed by atoms with E-state index in [1.165, 1.54) is 16.7 Å². The second-order valence-corrected chi connectivity index (χ2v) is 3.79. The van der Waals surface area contributed by atoms with Crippen LogP contribution in [-0.4, -0.2) is 9.55 Å². The minimum Gasteiger partial charge on any atom is -0.302 e. The van der Waals surface area contributed by atoms with Crippen molar-refractivity contribution in [3.8, 4) is 5.69 Å². The van der Waals surface area contributed by atoms with Crippen LogP contribution in [-0.2, 0) is 12.1 Å². The molecule has 0 fully saturated rings. The Bertz CT molecular complexity index is 545. The number of aromatic nitrogens is 2. The summed E-state index contributed by atoms with van der Waals surface area (Å²) < 4.78 is 51.5. The molecule has 1 heterocycles. The molecule has 0 spiro atoms. The largest absolute Gasteiger partial charge is 0.434 e. The van der Waals surface area contributed by atoms with Crippen LogP contribution in [0, 0.1) is 5.82 Å². The van der Waals surface area contributed by atoms with E-state index in [1.54, 1.807) is 0 Å². The number of halogens is 5. The smallest absolute Gasteiger partial charge is 0.302 e. The molecule has 0 aliphatic heterocycles. The molecular formula is C11H7ClF4N2. The number of benzene rings is 1. The zero-order valence-electron chi connectivity index (χ0n) is 8.88. The second kappa shape index (κ2) is 4.61. The Morgan fingerprint density at radius 1 is 1.17 bits per heavy atom. The van der Waals surface area contributed by atoms with Crippen molar-refractivity contribution in [2.75, 3.05) is 0 Å². The number of imidazole rings is 1. The van der Waals surface area contributed by atoms with E-state index < -0.39 is 17.7 Å². The molecular weight excluding hydrogens is 272 g/mol. The molecule has 0 radical (unpaired) electrons. The number of hydrogen-bond acceptors (Lipinski definition) is 1. The third-order valence-corrected chi connectivity index (χ3v) is 2.53. The number of alkyl halides is 4. The highest BCUT2D eigenvalue weighted by atomic mass is 35.5. The van der Waals surface area contributed by atoms with Gasteiger partial charge in [-0.1, -0.05) is 0 Å². The molecule has 2 aromatic rings. The van der Waals surface area contributed by atoms with E-state index in [1.807, 2.05) is 0 Å².